The number of nitrogens with two attached hydrogens (primary N) is 4. The molecule has 4 saturated heterocycles. The highest BCUT2D eigenvalue weighted by atomic mass is 32.2. The molecule has 0 spiro atoms. The van der Waals surface area contributed by atoms with E-state index in [0.717, 1.165) is 132 Å². The molecule has 116 heavy (non-hydrogen) atoms. The number of nitrogens with zero attached hydrogens (tertiary/aromatic N) is 8. The molecule has 1 aliphatic carbocycles. The molecule has 0 aromatic heterocycles. The van der Waals surface area contributed by atoms with Gasteiger partial charge in [-0.25, -0.2) is 53.1 Å². The Kier molecular flexibility index (Phi) is 26.2. The maximum atomic E-state index is 14.2. The zero-order valence-electron chi connectivity index (χ0n) is 64.6. The van der Waals surface area contributed by atoms with Crippen molar-refractivity contribution >= 4 is 28.1 Å². The van der Waals surface area contributed by atoms with Crippen molar-refractivity contribution in [3.63, 3.8) is 0 Å². The van der Waals surface area contributed by atoms with E-state index in [1.807, 2.05) is 9.80 Å². The number of amides is 3. The van der Waals surface area contributed by atoms with Crippen LogP contribution in [0.4, 0.5) is 57.9 Å². The largest absolute Gasteiger partial charge is 0.511 e. The number of hydrogen-bond acceptors (Lipinski definition) is 19. The summed E-state index contributed by atoms with van der Waals surface area (Å²) in [5.41, 5.74) is 29.3. The van der Waals surface area contributed by atoms with Crippen LogP contribution in [0.3, 0.4) is 0 Å². The van der Waals surface area contributed by atoms with Crippen LogP contribution in [0.25, 0.3) is 0 Å². The summed E-state index contributed by atoms with van der Waals surface area (Å²) < 4.78 is 206. The van der Waals surface area contributed by atoms with Crippen LogP contribution in [0.5, 0.6) is 0 Å². The lowest BCUT2D eigenvalue weighted by Gasteiger charge is -2.39. The summed E-state index contributed by atoms with van der Waals surface area (Å²) >= 11 is 0. The van der Waals surface area contributed by atoms with Gasteiger partial charge < -0.3 is 66.1 Å². The fraction of sp³-hybridized carbons (Fsp3) is 0.568. The summed E-state index contributed by atoms with van der Waals surface area (Å²) in [5, 5.41) is 0. The van der Waals surface area contributed by atoms with Gasteiger partial charge in [-0.15, -0.1) is 0 Å². The summed E-state index contributed by atoms with van der Waals surface area (Å²) in [6.07, 6.45) is 4.76. The van der Waals surface area contributed by atoms with Crippen molar-refractivity contribution < 1.29 is 99.5 Å². The molecule has 0 unspecified atom stereocenters. The number of sulfonamides is 1. The number of methoxy groups -OCH3 is 1. The van der Waals surface area contributed by atoms with Crippen molar-refractivity contribution in [3.8, 4) is 0 Å². The molecule has 13 aliphatic rings. The smallest absolute Gasteiger partial charge is 0.453 e. The maximum Gasteiger partial charge on any atom is 0.511 e. The lowest BCUT2D eigenvalue weighted by atomic mass is 9.88. The minimum absolute atomic E-state index is 0.0518. The Morgan fingerprint density at radius 1 is 0.414 bits per heavy atom. The van der Waals surface area contributed by atoms with Crippen LogP contribution in [0, 0.1) is 52.5 Å². The number of carbonyl (C=O) groups excluding carboxylic acids is 3. The predicted octanol–water partition coefficient (Wildman–Crippen LogP) is 9.08. The van der Waals surface area contributed by atoms with Crippen molar-refractivity contribution in [1.29, 1.82) is 0 Å². The van der Waals surface area contributed by atoms with Gasteiger partial charge in [-0.2, -0.15) is 17.5 Å². The van der Waals surface area contributed by atoms with Crippen LogP contribution in [0.1, 0.15) is 111 Å². The van der Waals surface area contributed by atoms with Gasteiger partial charge in [0.15, 0.2) is 0 Å². The molecule has 5 fully saturated rings. The predicted molar refractivity (Wildman–Crippen MR) is 402 cm³/mol. The Balaban J connectivity index is 0.000000128. The molecule has 12 atom stereocenters. The minimum Gasteiger partial charge on any atom is -0.453 e. The Morgan fingerprint density at radius 3 is 0.957 bits per heavy atom. The fourth-order valence-electron chi connectivity index (χ4n) is 18.7. The Labute approximate surface area is 666 Å². The van der Waals surface area contributed by atoms with Crippen LogP contribution in [-0.2, 0) is 43.2 Å². The van der Waals surface area contributed by atoms with Gasteiger partial charge in [0, 0.05) is 181 Å². The van der Waals surface area contributed by atoms with Crippen molar-refractivity contribution in [2.75, 3.05) is 145 Å². The number of halogens is 11. The standard InChI is InChI=1S/C24H31F2N3O2.C20H25F2N3O3.C19H23F2N3O3.C18H20F5N3O3S/c25-18-6-7-21(26)20(8-18)23-22(27)9-19(14-31-23)28-10-16-12-29(13-17(16)11-28)24(30)15-4-2-1-3-5-15;1-2-27-20(26)25-9-12-7-24(8-13(12)10-25)15-6-18(23)19(28-11-15)16-5-14(21)3-4-17(16)22;1-26-19(25)24-8-11-6-23(7-12(11)9-24)14-5-17(22)18(27-10-14)15-4-13(20)2-3-16(15)21;19-12-1-2-15(20)14(3-12)17-16(24)4-13(9-29-17)25-5-10-7-26(8-11(10)6-25)30(27,28)18(21,22)23/h6-8,15,19,22-23H,1-5,9-14,27H2;3-5,15,18-19H,2,6-11,23H2,1H3;2-4,14,17-18H,5-10,22H2,1H3;1-3,13,16-17H,4-9,24H2/t19-,22+,23-;15-,18+,19-;14-,17+,18-;13-,16+,17-/m1111/s1. The minimum atomic E-state index is -5.35. The third-order valence-electron chi connectivity index (χ3n) is 24.8. The Bertz CT molecular complexity index is 4510. The van der Waals surface area contributed by atoms with E-state index >= 15 is 0 Å². The third kappa shape index (κ3) is 18.6. The highest BCUT2D eigenvalue weighted by Crippen LogP contribution is 2.42. The summed E-state index contributed by atoms with van der Waals surface area (Å²) in [7, 11) is -3.97. The molecule has 8 N–H and O–H groups in total. The van der Waals surface area contributed by atoms with E-state index in [1.54, 1.807) is 16.7 Å². The number of benzene rings is 4. The van der Waals surface area contributed by atoms with Crippen LogP contribution in [-0.4, -0.2) is 264 Å². The lowest BCUT2D eigenvalue weighted by Crippen LogP contribution is -2.50. The second-order valence-electron chi connectivity index (χ2n) is 32.5. The molecule has 12 heterocycles. The van der Waals surface area contributed by atoms with E-state index in [4.69, 9.17) is 51.4 Å². The van der Waals surface area contributed by atoms with Gasteiger partial charge in [0.1, 0.15) is 71.0 Å². The quantitative estimate of drug-likeness (QED) is 0.0805. The molecular formula is C81H99F11N12O11S. The van der Waals surface area contributed by atoms with Crippen LogP contribution in [0.15, 0.2) is 117 Å². The first kappa shape index (κ1) is 84.9. The van der Waals surface area contributed by atoms with E-state index in [-0.39, 0.29) is 84.2 Å². The van der Waals surface area contributed by atoms with E-state index in [0.29, 0.717) is 113 Å². The molecule has 12 aliphatic heterocycles. The number of alkyl halides is 3. The number of rotatable bonds is 11. The molecule has 3 amide bonds. The highest BCUT2D eigenvalue weighted by molar-refractivity contribution is 7.90. The van der Waals surface area contributed by atoms with Crippen molar-refractivity contribution in [3.05, 3.63) is 186 Å². The first-order chi connectivity index (χ1) is 55.4. The average molecular weight is 1660 g/mol. The summed E-state index contributed by atoms with van der Waals surface area (Å²) in [6, 6.07) is 11.6. The Hall–Kier alpha value is -7.49. The van der Waals surface area contributed by atoms with E-state index in [9.17, 15) is 71.1 Å². The molecule has 4 aromatic carbocycles. The van der Waals surface area contributed by atoms with Gasteiger partial charge in [0.25, 0.3) is 0 Å². The molecule has 0 radical (unpaired) electrons. The monoisotopic (exact) mass is 1660 g/mol. The van der Waals surface area contributed by atoms with E-state index in [2.05, 4.69) is 14.7 Å². The first-order valence-electron chi connectivity index (χ1n) is 39.5. The molecule has 35 heteroatoms. The highest BCUT2D eigenvalue weighted by Gasteiger charge is 2.53. The number of hydrogen-bond donors (Lipinski definition) is 4. The van der Waals surface area contributed by atoms with Gasteiger partial charge in [0.05, 0.1) is 40.1 Å². The molecule has 4 aromatic rings. The van der Waals surface area contributed by atoms with Gasteiger partial charge in [-0.1, -0.05) is 19.3 Å². The van der Waals surface area contributed by atoms with E-state index in [1.165, 1.54) is 65.9 Å². The van der Waals surface area contributed by atoms with Gasteiger partial charge in [0.2, 0.25) is 5.91 Å². The van der Waals surface area contributed by atoms with Crippen LogP contribution < -0.4 is 22.9 Å². The van der Waals surface area contributed by atoms with Gasteiger partial charge in [-0.05, 0) is 163 Å². The van der Waals surface area contributed by atoms with Crippen LogP contribution in [0.2, 0.25) is 0 Å². The normalized spacial score (nSPS) is 29.0. The second-order valence-corrected chi connectivity index (χ2v) is 34.4. The van der Waals surface area contributed by atoms with Crippen molar-refractivity contribution in [2.45, 2.75) is 143 Å². The summed E-state index contributed by atoms with van der Waals surface area (Å²) in [6.45, 7) is 12.3. The number of carbonyl (C=O) groups is 3. The van der Waals surface area contributed by atoms with Gasteiger partial charge in [-0.3, -0.25) is 24.4 Å². The maximum absolute atomic E-state index is 14.2. The first-order valence-corrected chi connectivity index (χ1v) is 41.0. The zero-order valence-corrected chi connectivity index (χ0v) is 65.4. The zero-order chi connectivity index (χ0) is 82.3. The topological polar surface area (TPSA) is 271 Å². The Morgan fingerprint density at radius 2 is 0.690 bits per heavy atom. The van der Waals surface area contributed by atoms with Crippen molar-refractivity contribution in [2.24, 2.45) is 28.9 Å². The third-order valence-corrected chi connectivity index (χ3v) is 26.3. The molecule has 23 nitrogen and oxygen atoms in total. The van der Waals surface area contributed by atoms with Gasteiger partial charge >= 0.3 is 27.7 Å². The summed E-state index contributed by atoms with van der Waals surface area (Å²) in [4.78, 5) is 50.8. The number of ether oxygens (including phenoxy) is 6. The molecule has 1 saturated carbocycles. The molecular weight excluding hydrogens is 1560 g/mol. The molecule has 0 bridgehead atoms. The van der Waals surface area contributed by atoms with Crippen molar-refractivity contribution in [1.82, 2.24) is 38.6 Å². The average Bonchev–Trinajstić information content (AvgIpc) is 1.60. The van der Waals surface area contributed by atoms with E-state index < -0.39 is 111 Å². The molecule has 632 valence electrons. The summed E-state index contributed by atoms with van der Waals surface area (Å²) in [5.74, 6) is -3.61. The second kappa shape index (κ2) is 35.8. The van der Waals surface area contributed by atoms with Crippen LogP contribution >= 0.6 is 0 Å². The fourth-order valence-corrected chi connectivity index (χ4v) is 19.7. The SMILES string of the molecule is CCOC(=O)N1CC2=C(C1)CN([C@H]1CO[C@H](c3cc(F)ccc3F)[C@@H](N)C1)C2.COC(=O)N1CC2=C(C1)CN([C@H]1CO[C@H](c3cc(F)ccc3F)[C@@H](N)C1)C2.N[C@H]1C[C@@H](N2CC3=C(C2)CN(S(=O)(=O)C(F)(F)F)C3)CO[C@@H]1c1cc(F)ccc1F.N[C@H]1C[C@@H](N2CC3=C(CN(C(=O)C4CCCCC4)C3)C2)CO[C@@H]1c1cc(F)ccc1F. The lowest BCUT2D eigenvalue weighted by molar-refractivity contribution is -0.135. The molecule has 17 rings (SSSR count).